The van der Waals surface area contributed by atoms with Gasteiger partial charge >= 0.3 is 0 Å². The van der Waals surface area contributed by atoms with Gasteiger partial charge in [-0.3, -0.25) is 0 Å². The van der Waals surface area contributed by atoms with E-state index in [1.54, 1.807) is 0 Å². The van der Waals surface area contributed by atoms with E-state index in [9.17, 15) is 0 Å². The van der Waals surface area contributed by atoms with Crippen molar-refractivity contribution in [2.24, 2.45) is 17.4 Å². The Balaban J connectivity index is 1.55. The molecule has 4 rings (SSSR count). The van der Waals surface area contributed by atoms with Gasteiger partial charge in [-0.25, -0.2) is 9.78 Å². The van der Waals surface area contributed by atoms with Crippen LogP contribution in [0.15, 0.2) is 48.5 Å². The molecular formula is C33H49N3O5. The van der Waals surface area contributed by atoms with Crippen LogP contribution in [0, 0.1) is 12.8 Å². The number of rotatable bonds is 17. The van der Waals surface area contributed by atoms with E-state index in [2.05, 4.69) is 74.6 Å². The maximum absolute atomic E-state index is 6.73. The number of anilines is 1. The molecule has 0 aliphatic carbocycles. The van der Waals surface area contributed by atoms with Crippen molar-refractivity contribution < 1.29 is 24.0 Å². The second-order valence-corrected chi connectivity index (χ2v) is 11.3. The molecule has 3 aromatic carbocycles. The zero-order valence-corrected chi connectivity index (χ0v) is 25.0. The molecule has 8 nitrogen and oxygen atoms in total. The Morgan fingerprint density at radius 3 is 1.98 bits per heavy atom. The first-order chi connectivity index (χ1) is 20.0. The summed E-state index contributed by atoms with van der Waals surface area (Å²) >= 11 is 0. The first kappa shape index (κ1) is 31.6. The number of benzene rings is 3. The van der Waals surface area contributed by atoms with Gasteiger partial charge in [0.1, 0.15) is 5.60 Å². The van der Waals surface area contributed by atoms with Crippen molar-refractivity contribution in [3.63, 3.8) is 0 Å². The third kappa shape index (κ3) is 8.17. The number of aryl methyl sites for hydroxylation is 1. The maximum Gasteiger partial charge on any atom is 0.196 e. The summed E-state index contributed by atoms with van der Waals surface area (Å²) in [4.78, 5) is 12.2. The number of ether oxygens (including phenoxy) is 3. The molecule has 4 atom stereocenters. The van der Waals surface area contributed by atoms with Crippen molar-refractivity contribution in [1.29, 1.82) is 0 Å². The smallest absolute Gasteiger partial charge is 0.196 e. The van der Waals surface area contributed by atoms with Gasteiger partial charge in [-0.15, -0.1) is 0 Å². The summed E-state index contributed by atoms with van der Waals surface area (Å²) in [5.74, 6) is 0.148. The van der Waals surface area contributed by atoms with Crippen molar-refractivity contribution in [2.75, 3.05) is 44.8 Å². The zero-order valence-electron chi connectivity index (χ0n) is 25.0. The van der Waals surface area contributed by atoms with Crippen LogP contribution in [0.5, 0.6) is 0 Å². The molecular weight excluding hydrogens is 518 g/mol. The van der Waals surface area contributed by atoms with Crippen LogP contribution in [0.4, 0.5) is 5.69 Å². The van der Waals surface area contributed by atoms with E-state index in [4.69, 9.17) is 35.5 Å². The standard InChI is InChI=1S/C33H49N3O5/c1-24(12-8-10-20-37-22-18-34)31-39-32(33(3,41-40-31)17-9-11-21-38-23-19-35)36-30-28-15-6-4-13-26(28)25(2)27-14-5-7-16-29(27)30/h4-7,13-16,24,31-32,36H,8-12,17-23,34-35H2,1-3H3. The van der Waals surface area contributed by atoms with Crippen LogP contribution in [0.3, 0.4) is 0 Å². The summed E-state index contributed by atoms with van der Waals surface area (Å²) in [6.45, 7) is 10.1. The summed E-state index contributed by atoms with van der Waals surface area (Å²) in [5.41, 5.74) is 12.7. The highest BCUT2D eigenvalue weighted by Crippen LogP contribution is 2.40. The van der Waals surface area contributed by atoms with Crippen molar-refractivity contribution in [3.8, 4) is 0 Å². The molecule has 0 aromatic heterocycles. The normalized spacial score (nSPS) is 21.9. The number of nitrogens with two attached hydrogens (primary N) is 2. The van der Waals surface area contributed by atoms with Crippen LogP contribution in [-0.2, 0) is 24.0 Å². The molecule has 1 fully saturated rings. The predicted molar refractivity (Wildman–Crippen MR) is 166 cm³/mol. The van der Waals surface area contributed by atoms with Gasteiger partial charge in [-0.1, -0.05) is 61.9 Å². The van der Waals surface area contributed by atoms with Gasteiger partial charge in [0.15, 0.2) is 12.5 Å². The number of hydrogen-bond donors (Lipinski definition) is 3. The Morgan fingerprint density at radius 1 is 0.829 bits per heavy atom. The van der Waals surface area contributed by atoms with Gasteiger partial charge in [-0.05, 0) is 62.3 Å². The van der Waals surface area contributed by atoms with Gasteiger partial charge < -0.3 is 31.0 Å². The first-order valence-electron chi connectivity index (χ1n) is 15.2. The molecule has 41 heavy (non-hydrogen) atoms. The lowest BCUT2D eigenvalue weighted by Crippen LogP contribution is -2.56. The quantitative estimate of drug-likeness (QED) is 0.103. The fourth-order valence-corrected chi connectivity index (χ4v) is 5.58. The van der Waals surface area contributed by atoms with E-state index in [0.717, 1.165) is 50.8 Å². The Hall–Kier alpha value is -2.30. The average Bonchev–Trinajstić information content (AvgIpc) is 2.99. The highest BCUT2D eigenvalue weighted by Gasteiger charge is 2.45. The van der Waals surface area contributed by atoms with Gasteiger partial charge in [-0.2, -0.15) is 0 Å². The Morgan fingerprint density at radius 2 is 1.39 bits per heavy atom. The predicted octanol–water partition coefficient (Wildman–Crippen LogP) is 6.03. The lowest BCUT2D eigenvalue weighted by molar-refractivity contribution is -0.491. The molecule has 0 saturated carbocycles. The molecule has 226 valence electrons. The van der Waals surface area contributed by atoms with Gasteiger partial charge in [0.2, 0.25) is 0 Å². The van der Waals surface area contributed by atoms with Crippen LogP contribution in [0.25, 0.3) is 21.5 Å². The lowest BCUT2D eigenvalue weighted by Gasteiger charge is -2.45. The van der Waals surface area contributed by atoms with Crippen LogP contribution in [0.1, 0.15) is 57.9 Å². The van der Waals surface area contributed by atoms with Gasteiger partial charge in [0, 0.05) is 43.0 Å². The summed E-state index contributed by atoms with van der Waals surface area (Å²) in [7, 11) is 0. The van der Waals surface area contributed by atoms with Crippen molar-refractivity contribution >= 4 is 27.2 Å². The minimum Gasteiger partial charge on any atom is -0.380 e. The third-order valence-corrected chi connectivity index (χ3v) is 8.03. The van der Waals surface area contributed by atoms with Gasteiger partial charge in [0.25, 0.3) is 0 Å². The lowest BCUT2D eigenvalue weighted by atomic mass is 9.93. The molecule has 0 bridgehead atoms. The molecule has 0 amide bonds. The summed E-state index contributed by atoms with van der Waals surface area (Å²) in [5, 5.41) is 8.59. The number of fused-ring (bicyclic) bond motifs is 2. The van der Waals surface area contributed by atoms with E-state index in [-0.39, 0.29) is 5.92 Å². The molecule has 3 aromatic rings. The second kappa shape index (κ2) is 15.8. The van der Waals surface area contributed by atoms with E-state index in [1.807, 2.05) is 0 Å². The summed E-state index contributed by atoms with van der Waals surface area (Å²) in [6.07, 6.45) is 4.59. The Kier molecular flexibility index (Phi) is 12.2. The van der Waals surface area contributed by atoms with Crippen molar-refractivity contribution in [1.82, 2.24) is 0 Å². The number of unbranched alkanes of at least 4 members (excludes halogenated alkanes) is 2. The van der Waals surface area contributed by atoms with Crippen LogP contribution in [0.2, 0.25) is 0 Å². The fraction of sp³-hybridized carbons (Fsp3) is 0.576. The minimum atomic E-state index is -0.701. The minimum absolute atomic E-state index is 0.148. The SMILES string of the molecule is Cc1c2ccccc2c(NC2OC(C(C)CCCCOCCN)OOC2(C)CCCCOCCN)c2ccccc12. The van der Waals surface area contributed by atoms with E-state index in [0.29, 0.717) is 32.9 Å². The maximum atomic E-state index is 6.73. The van der Waals surface area contributed by atoms with E-state index < -0.39 is 18.1 Å². The highest BCUT2D eigenvalue weighted by molar-refractivity contribution is 6.13. The van der Waals surface area contributed by atoms with Crippen LogP contribution >= 0.6 is 0 Å². The zero-order chi connectivity index (χ0) is 29.1. The Bertz CT molecular complexity index is 1170. The molecule has 5 N–H and O–H groups in total. The van der Waals surface area contributed by atoms with E-state index in [1.165, 1.54) is 27.1 Å². The van der Waals surface area contributed by atoms with Crippen LogP contribution < -0.4 is 16.8 Å². The van der Waals surface area contributed by atoms with E-state index >= 15 is 0 Å². The number of nitrogens with one attached hydrogen (secondary N) is 1. The second-order valence-electron chi connectivity index (χ2n) is 11.3. The molecule has 0 radical (unpaired) electrons. The molecule has 1 saturated heterocycles. The molecule has 0 spiro atoms. The van der Waals surface area contributed by atoms with Crippen molar-refractivity contribution in [3.05, 3.63) is 54.1 Å². The molecule has 1 heterocycles. The average molecular weight is 568 g/mol. The Labute approximate surface area is 244 Å². The third-order valence-electron chi connectivity index (χ3n) is 8.03. The first-order valence-corrected chi connectivity index (χ1v) is 15.2. The fourth-order valence-electron chi connectivity index (χ4n) is 5.58. The molecule has 8 heteroatoms. The topological polar surface area (TPSA) is 110 Å². The van der Waals surface area contributed by atoms with Crippen LogP contribution in [-0.4, -0.2) is 57.6 Å². The largest absolute Gasteiger partial charge is 0.380 e. The molecule has 4 unspecified atom stereocenters. The number of hydrogen-bond acceptors (Lipinski definition) is 8. The highest BCUT2D eigenvalue weighted by atomic mass is 17.2. The summed E-state index contributed by atoms with van der Waals surface area (Å²) in [6, 6.07) is 17.1. The summed E-state index contributed by atoms with van der Waals surface area (Å²) < 4.78 is 17.9. The molecule has 1 aliphatic heterocycles. The van der Waals surface area contributed by atoms with Gasteiger partial charge in [0.05, 0.1) is 18.9 Å². The van der Waals surface area contributed by atoms with Crippen molar-refractivity contribution in [2.45, 2.75) is 77.4 Å². The molecule has 1 aliphatic rings. The monoisotopic (exact) mass is 567 g/mol.